The molecule has 0 amide bonds. The Morgan fingerprint density at radius 3 is 2.17 bits per heavy atom. The van der Waals surface area contributed by atoms with E-state index in [1.807, 2.05) is 0 Å². The molecule has 0 aliphatic carbocycles. The van der Waals surface area contributed by atoms with Crippen LogP contribution in [0.15, 0.2) is 0 Å². The van der Waals surface area contributed by atoms with Crippen LogP contribution in [-0.4, -0.2) is 64.1 Å². The molecule has 30 heavy (non-hydrogen) atoms. The molecule has 0 bridgehead atoms. The summed E-state index contributed by atoms with van der Waals surface area (Å²) in [6.45, 7) is 6.09. The molecule has 0 N–H and O–H groups in total. The molecule has 5 aliphatic rings. The van der Waals surface area contributed by atoms with Crippen LogP contribution in [-0.2, 0) is 23.7 Å². The Bertz CT molecular complexity index is 498. The summed E-state index contributed by atoms with van der Waals surface area (Å²) >= 11 is 0. The minimum Gasteiger partial charge on any atom is -0.381 e. The average Bonchev–Trinajstić information content (AvgIpc) is 2.85. The average molecular weight is 422 g/mol. The molecule has 5 saturated heterocycles. The first-order valence-electron chi connectivity index (χ1n) is 12.8. The molecule has 0 spiro atoms. The zero-order valence-corrected chi connectivity index (χ0v) is 18.7. The third-order valence-corrected chi connectivity index (χ3v) is 8.41. The molecule has 5 heteroatoms. The number of ether oxygens (including phenoxy) is 5. The molecular weight excluding hydrogens is 380 g/mol. The molecule has 0 saturated carbocycles. The lowest BCUT2D eigenvalue weighted by Crippen LogP contribution is -2.66. The lowest BCUT2D eigenvalue weighted by Gasteiger charge is -2.59. The van der Waals surface area contributed by atoms with Gasteiger partial charge in [0.25, 0.3) is 0 Å². The Balaban J connectivity index is 1.53. The maximum Gasteiger partial charge on any atom is 0.108 e. The predicted molar refractivity (Wildman–Crippen MR) is 114 cm³/mol. The van der Waals surface area contributed by atoms with Crippen LogP contribution in [0.1, 0.15) is 70.6 Å². The van der Waals surface area contributed by atoms with Gasteiger partial charge in [-0.25, -0.2) is 0 Å². The Morgan fingerprint density at radius 1 is 0.633 bits per heavy atom. The standard InChI is InChI=1S/C25H41O5/c1-3-13-28-22(7-1)24-21(19-9-15-26-16-10-19)11-17-30-25(24,20-6-5-12-27-18-20)23-8-2-4-14-29-23/h19-23H,1-18H2. The van der Waals surface area contributed by atoms with Gasteiger partial charge in [0.2, 0.25) is 0 Å². The van der Waals surface area contributed by atoms with Crippen LogP contribution < -0.4 is 0 Å². The maximum atomic E-state index is 6.98. The van der Waals surface area contributed by atoms with E-state index in [4.69, 9.17) is 23.7 Å². The van der Waals surface area contributed by atoms with Crippen molar-refractivity contribution in [2.75, 3.05) is 46.2 Å². The van der Waals surface area contributed by atoms with Gasteiger partial charge in [0, 0.05) is 51.5 Å². The first-order valence-corrected chi connectivity index (χ1v) is 12.8. The second-order valence-corrected chi connectivity index (χ2v) is 10.1. The SMILES string of the molecule is C1CCC([C]2C(C3CCOCC3)CCOC2(C2CCCOC2)C2CCCCO2)OC1. The van der Waals surface area contributed by atoms with E-state index in [0.29, 0.717) is 17.8 Å². The van der Waals surface area contributed by atoms with Crippen LogP contribution >= 0.6 is 0 Å². The van der Waals surface area contributed by atoms with E-state index in [9.17, 15) is 0 Å². The van der Waals surface area contributed by atoms with Crippen LogP contribution in [0.4, 0.5) is 0 Å². The minimum absolute atomic E-state index is 0.154. The van der Waals surface area contributed by atoms with Crippen molar-refractivity contribution in [3.8, 4) is 0 Å². The topological polar surface area (TPSA) is 46.2 Å². The molecule has 0 aromatic heterocycles. The Kier molecular flexibility index (Phi) is 7.33. The first-order chi connectivity index (χ1) is 14.9. The summed E-state index contributed by atoms with van der Waals surface area (Å²) in [4.78, 5) is 0. The third kappa shape index (κ3) is 4.22. The van der Waals surface area contributed by atoms with E-state index < -0.39 is 0 Å². The highest BCUT2D eigenvalue weighted by Gasteiger charge is 2.61. The van der Waals surface area contributed by atoms with Gasteiger partial charge in [0.15, 0.2) is 0 Å². The fourth-order valence-electron chi connectivity index (χ4n) is 7.02. The molecule has 5 unspecified atom stereocenters. The van der Waals surface area contributed by atoms with E-state index >= 15 is 0 Å². The Hall–Kier alpha value is -0.200. The van der Waals surface area contributed by atoms with Gasteiger partial charge < -0.3 is 23.7 Å². The second kappa shape index (κ2) is 10.2. The lowest BCUT2D eigenvalue weighted by molar-refractivity contribution is -0.232. The maximum absolute atomic E-state index is 6.98. The van der Waals surface area contributed by atoms with E-state index in [-0.39, 0.29) is 17.8 Å². The summed E-state index contributed by atoms with van der Waals surface area (Å²) in [5, 5.41) is 0. The van der Waals surface area contributed by atoms with Gasteiger partial charge in [-0.15, -0.1) is 0 Å². The molecule has 1 radical (unpaired) electrons. The molecule has 5 nitrogen and oxygen atoms in total. The van der Waals surface area contributed by atoms with Crippen molar-refractivity contribution in [2.45, 2.75) is 88.4 Å². The summed E-state index contributed by atoms with van der Waals surface area (Å²) in [7, 11) is 0. The highest BCUT2D eigenvalue weighted by Crippen LogP contribution is 2.55. The summed E-state index contributed by atoms with van der Waals surface area (Å²) in [6.07, 6.45) is 13.3. The van der Waals surface area contributed by atoms with Gasteiger partial charge in [0.05, 0.1) is 18.8 Å². The quantitative estimate of drug-likeness (QED) is 0.676. The van der Waals surface area contributed by atoms with Crippen LogP contribution in [0.25, 0.3) is 0 Å². The minimum atomic E-state index is -0.329. The van der Waals surface area contributed by atoms with Crippen LogP contribution in [0.3, 0.4) is 0 Å². The first kappa shape index (κ1) is 21.6. The van der Waals surface area contributed by atoms with Crippen molar-refractivity contribution < 1.29 is 23.7 Å². The van der Waals surface area contributed by atoms with Crippen molar-refractivity contribution >= 4 is 0 Å². The molecule has 5 fully saturated rings. The normalized spacial score (nSPS) is 42.8. The zero-order chi connectivity index (χ0) is 20.2. The predicted octanol–water partition coefficient (Wildman–Crippen LogP) is 4.33. The Morgan fingerprint density at radius 2 is 1.47 bits per heavy atom. The summed E-state index contributed by atoms with van der Waals surface area (Å²) in [5.74, 6) is 3.22. The van der Waals surface area contributed by atoms with Crippen molar-refractivity contribution in [3.05, 3.63) is 5.92 Å². The monoisotopic (exact) mass is 421 g/mol. The van der Waals surface area contributed by atoms with Crippen LogP contribution in [0.5, 0.6) is 0 Å². The molecule has 5 aliphatic heterocycles. The van der Waals surface area contributed by atoms with Gasteiger partial charge in [-0.05, 0) is 82.5 Å². The van der Waals surface area contributed by atoms with Crippen molar-refractivity contribution in [3.63, 3.8) is 0 Å². The Labute approximate surface area is 182 Å². The molecule has 0 aromatic carbocycles. The molecule has 171 valence electrons. The summed E-state index contributed by atoms with van der Waals surface area (Å²) in [6, 6.07) is 0. The van der Waals surface area contributed by atoms with Gasteiger partial charge in [0.1, 0.15) is 5.60 Å². The summed E-state index contributed by atoms with van der Waals surface area (Å²) in [5.41, 5.74) is -0.329. The molecule has 5 rings (SSSR count). The fourth-order valence-corrected chi connectivity index (χ4v) is 7.02. The van der Waals surface area contributed by atoms with Gasteiger partial charge >= 0.3 is 0 Å². The molecule has 5 heterocycles. The van der Waals surface area contributed by atoms with E-state index in [1.54, 1.807) is 5.92 Å². The van der Waals surface area contributed by atoms with E-state index in [0.717, 1.165) is 71.9 Å². The zero-order valence-electron chi connectivity index (χ0n) is 18.7. The highest BCUT2D eigenvalue weighted by atomic mass is 16.6. The van der Waals surface area contributed by atoms with Gasteiger partial charge in [-0.2, -0.15) is 0 Å². The van der Waals surface area contributed by atoms with Gasteiger partial charge in [-0.3, -0.25) is 0 Å². The number of hydrogen-bond donors (Lipinski definition) is 0. The van der Waals surface area contributed by atoms with E-state index in [2.05, 4.69) is 0 Å². The highest BCUT2D eigenvalue weighted by molar-refractivity contribution is 5.26. The summed E-state index contributed by atoms with van der Waals surface area (Å²) < 4.78 is 31.9. The fraction of sp³-hybridized carbons (Fsp3) is 0.960. The molecular formula is C25H41O5. The number of rotatable bonds is 4. The molecule has 0 aromatic rings. The van der Waals surface area contributed by atoms with Crippen molar-refractivity contribution in [1.29, 1.82) is 0 Å². The number of hydrogen-bond acceptors (Lipinski definition) is 5. The van der Waals surface area contributed by atoms with Gasteiger partial charge in [-0.1, -0.05) is 0 Å². The second-order valence-electron chi connectivity index (χ2n) is 10.1. The van der Waals surface area contributed by atoms with Crippen LogP contribution in [0.2, 0.25) is 0 Å². The van der Waals surface area contributed by atoms with Crippen LogP contribution in [0, 0.1) is 23.7 Å². The largest absolute Gasteiger partial charge is 0.381 e. The van der Waals surface area contributed by atoms with E-state index in [1.165, 1.54) is 44.9 Å². The molecule has 5 atom stereocenters. The smallest absolute Gasteiger partial charge is 0.108 e. The van der Waals surface area contributed by atoms with Crippen molar-refractivity contribution in [2.24, 2.45) is 17.8 Å². The third-order valence-electron chi connectivity index (χ3n) is 8.41. The van der Waals surface area contributed by atoms with Crippen molar-refractivity contribution in [1.82, 2.24) is 0 Å². The lowest BCUT2D eigenvalue weighted by atomic mass is 9.57.